The number of esters is 1. The molecule has 0 bridgehead atoms. The van der Waals surface area contributed by atoms with Crippen LogP contribution in [0.3, 0.4) is 0 Å². The van der Waals surface area contributed by atoms with E-state index in [0.717, 1.165) is 20.9 Å². The van der Waals surface area contributed by atoms with Gasteiger partial charge in [-0.3, -0.25) is 4.79 Å². The standard InChI is InChI=1S/C13H13BrN2O3/c1-19-13(18)11(16-7-17)5-8-6-15-10-4-2-3-9(14)12(8)10/h2-4,6-7,11,15H,5H2,1H3,(H,16,17). The van der Waals surface area contributed by atoms with Gasteiger partial charge in [0.15, 0.2) is 0 Å². The first-order valence-corrected chi connectivity index (χ1v) is 6.48. The van der Waals surface area contributed by atoms with Crippen LogP contribution in [0.5, 0.6) is 0 Å². The normalized spacial score (nSPS) is 12.1. The van der Waals surface area contributed by atoms with E-state index in [0.29, 0.717) is 12.8 Å². The van der Waals surface area contributed by atoms with Gasteiger partial charge in [0.2, 0.25) is 6.41 Å². The average Bonchev–Trinajstić information content (AvgIpc) is 2.82. The van der Waals surface area contributed by atoms with E-state index in [4.69, 9.17) is 0 Å². The van der Waals surface area contributed by atoms with E-state index in [1.165, 1.54) is 7.11 Å². The highest BCUT2D eigenvalue weighted by atomic mass is 79.9. The zero-order valence-corrected chi connectivity index (χ0v) is 11.9. The van der Waals surface area contributed by atoms with Crippen LogP contribution in [0.25, 0.3) is 10.9 Å². The second kappa shape index (κ2) is 5.88. The summed E-state index contributed by atoms with van der Waals surface area (Å²) in [5, 5.41) is 3.48. The SMILES string of the molecule is COC(=O)C(Cc1c[nH]c2cccc(Br)c12)NC=O. The molecule has 1 amide bonds. The van der Waals surface area contributed by atoms with Crippen LogP contribution in [0.4, 0.5) is 0 Å². The fourth-order valence-electron chi connectivity index (χ4n) is 2.02. The van der Waals surface area contributed by atoms with E-state index in [-0.39, 0.29) is 0 Å². The summed E-state index contributed by atoms with van der Waals surface area (Å²) >= 11 is 3.48. The summed E-state index contributed by atoms with van der Waals surface area (Å²) in [5.41, 5.74) is 1.91. The van der Waals surface area contributed by atoms with Crippen LogP contribution in [0.2, 0.25) is 0 Å². The number of halogens is 1. The lowest BCUT2D eigenvalue weighted by molar-refractivity contribution is -0.144. The van der Waals surface area contributed by atoms with Crippen LogP contribution in [0.15, 0.2) is 28.9 Å². The number of hydrogen-bond donors (Lipinski definition) is 2. The van der Waals surface area contributed by atoms with E-state index < -0.39 is 12.0 Å². The maximum atomic E-state index is 11.6. The summed E-state index contributed by atoms with van der Waals surface area (Å²) < 4.78 is 5.61. The zero-order valence-electron chi connectivity index (χ0n) is 10.3. The van der Waals surface area contributed by atoms with Gasteiger partial charge in [-0.05, 0) is 17.7 Å². The van der Waals surface area contributed by atoms with Crippen LogP contribution in [-0.2, 0) is 20.7 Å². The third kappa shape index (κ3) is 2.78. The molecule has 2 N–H and O–H groups in total. The summed E-state index contributed by atoms with van der Waals surface area (Å²) in [5.74, 6) is -0.464. The summed E-state index contributed by atoms with van der Waals surface area (Å²) in [6, 6.07) is 5.12. The van der Waals surface area contributed by atoms with Crippen molar-refractivity contribution in [3.63, 3.8) is 0 Å². The van der Waals surface area contributed by atoms with Crippen molar-refractivity contribution < 1.29 is 14.3 Å². The summed E-state index contributed by atoms with van der Waals surface area (Å²) in [4.78, 5) is 25.3. The predicted octanol–water partition coefficient (Wildman–Crippen LogP) is 1.76. The lowest BCUT2D eigenvalue weighted by Gasteiger charge is -2.13. The maximum Gasteiger partial charge on any atom is 0.328 e. The molecule has 1 heterocycles. The summed E-state index contributed by atoms with van der Waals surface area (Å²) in [6.07, 6.45) is 2.71. The molecule has 2 rings (SSSR count). The van der Waals surface area contributed by atoms with Crippen LogP contribution >= 0.6 is 15.9 Å². The Morgan fingerprint density at radius 1 is 1.58 bits per heavy atom. The molecule has 1 aromatic heterocycles. The Labute approximate surface area is 118 Å². The monoisotopic (exact) mass is 324 g/mol. The Kier molecular flexibility index (Phi) is 4.21. The van der Waals surface area contributed by atoms with Gasteiger partial charge in [0.25, 0.3) is 0 Å². The van der Waals surface area contributed by atoms with Crippen molar-refractivity contribution in [3.8, 4) is 0 Å². The molecule has 0 aliphatic heterocycles. The molecule has 0 spiro atoms. The van der Waals surface area contributed by atoms with Gasteiger partial charge in [-0.2, -0.15) is 0 Å². The van der Waals surface area contributed by atoms with Gasteiger partial charge in [0.1, 0.15) is 6.04 Å². The highest BCUT2D eigenvalue weighted by Gasteiger charge is 2.20. The highest BCUT2D eigenvalue weighted by Crippen LogP contribution is 2.27. The van der Waals surface area contributed by atoms with Gasteiger partial charge in [0, 0.05) is 28.0 Å². The van der Waals surface area contributed by atoms with Crippen molar-refractivity contribution in [3.05, 3.63) is 34.4 Å². The van der Waals surface area contributed by atoms with E-state index in [1.807, 2.05) is 24.4 Å². The van der Waals surface area contributed by atoms with Crippen molar-refractivity contribution in [1.82, 2.24) is 10.3 Å². The van der Waals surface area contributed by atoms with Crippen molar-refractivity contribution >= 4 is 39.2 Å². The molecule has 0 fully saturated rings. The van der Waals surface area contributed by atoms with Crippen LogP contribution in [-0.4, -0.2) is 30.5 Å². The molecule has 2 aromatic rings. The molecule has 0 saturated heterocycles. The predicted molar refractivity (Wildman–Crippen MR) is 74.7 cm³/mol. The maximum absolute atomic E-state index is 11.6. The van der Waals surface area contributed by atoms with Gasteiger partial charge in [-0.15, -0.1) is 0 Å². The minimum atomic E-state index is -0.686. The minimum Gasteiger partial charge on any atom is -0.467 e. The van der Waals surface area contributed by atoms with Gasteiger partial charge in [-0.1, -0.05) is 22.0 Å². The number of aromatic amines is 1. The molecule has 0 radical (unpaired) electrons. The molecular weight excluding hydrogens is 312 g/mol. The molecular formula is C13H13BrN2O3. The molecule has 100 valence electrons. The van der Waals surface area contributed by atoms with Crippen LogP contribution in [0, 0.1) is 0 Å². The third-order valence-corrected chi connectivity index (χ3v) is 3.58. The number of hydrogen-bond acceptors (Lipinski definition) is 3. The lowest BCUT2D eigenvalue weighted by Crippen LogP contribution is -2.38. The number of nitrogens with one attached hydrogen (secondary N) is 2. The smallest absolute Gasteiger partial charge is 0.328 e. The van der Waals surface area contributed by atoms with E-state index >= 15 is 0 Å². The number of aromatic nitrogens is 1. The Hall–Kier alpha value is -1.82. The Morgan fingerprint density at radius 3 is 3.05 bits per heavy atom. The molecule has 1 atom stereocenters. The molecule has 0 aliphatic rings. The zero-order chi connectivity index (χ0) is 13.8. The molecule has 19 heavy (non-hydrogen) atoms. The second-order valence-electron chi connectivity index (χ2n) is 4.04. The average molecular weight is 325 g/mol. The van der Waals surface area contributed by atoms with E-state index in [1.54, 1.807) is 0 Å². The number of H-pyrrole nitrogens is 1. The van der Waals surface area contributed by atoms with Gasteiger partial charge < -0.3 is 15.0 Å². The first-order valence-electron chi connectivity index (χ1n) is 5.69. The number of benzene rings is 1. The molecule has 0 saturated carbocycles. The number of carbonyl (C=O) groups is 2. The molecule has 1 aromatic carbocycles. The fraction of sp³-hybridized carbons (Fsp3) is 0.231. The molecule has 0 aliphatic carbocycles. The van der Waals surface area contributed by atoms with Crippen molar-refractivity contribution in [2.45, 2.75) is 12.5 Å². The quantitative estimate of drug-likeness (QED) is 0.650. The molecule has 1 unspecified atom stereocenters. The minimum absolute atomic E-state index is 0.369. The van der Waals surface area contributed by atoms with Crippen molar-refractivity contribution in [2.24, 2.45) is 0 Å². The number of amides is 1. The largest absolute Gasteiger partial charge is 0.467 e. The molecule has 6 heteroatoms. The fourth-order valence-corrected chi connectivity index (χ4v) is 2.64. The van der Waals surface area contributed by atoms with Gasteiger partial charge in [0.05, 0.1) is 7.11 Å². The highest BCUT2D eigenvalue weighted by molar-refractivity contribution is 9.10. The van der Waals surface area contributed by atoms with E-state index in [2.05, 4.69) is 31.0 Å². The summed E-state index contributed by atoms with van der Waals surface area (Å²) in [7, 11) is 1.30. The van der Waals surface area contributed by atoms with Crippen LogP contribution in [0.1, 0.15) is 5.56 Å². The Morgan fingerprint density at radius 2 is 2.37 bits per heavy atom. The van der Waals surface area contributed by atoms with Gasteiger partial charge >= 0.3 is 5.97 Å². The lowest BCUT2D eigenvalue weighted by atomic mass is 10.1. The topological polar surface area (TPSA) is 71.2 Å². The number of fused-ring (bicyclic) bond motifs is 1. The van der Waals surface area contributed by atoms with Crippen LogP contribution < -0.4 is 5.32 Å². The summed E-state index contributed by atoms with van der Waals surface area (Å²) in [6.45, 7) is 0. The number of rotatable bonds is 5. The Balaban J connectivity index is 2.33. The number of carbonyl (C=O) groups excluding carboxylic acids is 2. The van der Waals surface area contributed by atoms with E-state index in [9.17, 15) is 9.59 Å². The first-order chi connectivity index (χ1) is 9.17. The number of ether oxygens (including phenoxy) is 1. The molecule has 5 nitrogen and oxygen atoms in total. The van der Waals surface area contributed by atoms with Crippen molar-refractivity contribution in [1.29, 1.82) is 0 Å². The van der Waals surface area contributed by atoms with Gasteiger partial charge in [-0.25, -0.2) is 4.79 Å². The third-order valence-electron chi connectivity index (χ3n) is 2.92. The Bertz CT molecular complexity index is 609. The first kappa shape index (κ1) is 13.6. The van der Waals surface area contributed by atoms with Crippen molar-refractivity contribution in [2.75, 3.05) is 7.11 Å². The second-order valence-corrected chi connectivity index (χ2v) is 4.90. The number of methoxy groups -OCH3 is 1.